The van der Waals surface area contributed by atoms with Gasteiger partial charge in [-0.15, -0.1) is 6.58 Å². The summed E-state index contributed by atoms with van der Waals surface area (Å²) in [5.41, 5.74) is 1.32. The molecular weight excluding hydrogens is 356 g/mol. The van der Waals surface area contributed by atoms with E-state index in [1.807, 2.05) is 30.3 Å². The molecule has 146 valence electrons. The lowest BCUT2D eigenvalue weighted by Crippen LogP contribution is -2.52. The van der Waals surface area contributed by atoms with Gasteiger partial charge in [-0.1, -0.05) is 54.6 Å². The van der Waals surface area contributed by atoms with Gasteiger partial charge in [0.15, 0.2) is 0 Å². The highest BCUT2D eigenvalue weighted by Crippen LogP contribution is 2.06. The van der Waals surface area contributed by atoms with Gasteiger partial charge in [-0.2, -0.15) is 0 Å². The fourth-order valence-corrected chi connectivity index (χ4v) is 2.69. The summed E-state index contributed by atoms with van der Waals surface area (Å²) in [5, 5.41) is 5.37. The molecule has 0 aliphatic heterocycles. The van der Waals surface area contributed by atoms with E-state index in [0.717, 1.165) is 5.56 Å². The molecule has 1 unspecified atom stereocenters. The van der Waals surface area contributed by atoms with Gasteiger partial charge in [0, 0.05) is 12.0 Å². The maximum atomic E-state index is 12.7. The highest BCUT2D eigenvalue weighted by Gasteiger charge is 2.27. The first-order valence-corrected chi connectivity index (χ1v) is 8.94. The van der Waals surface area contributed by atoms with E-state index in [1.165, 1.54) is 7.11 Å². The topological polar surface area (TPSA) is 84.5 Å². The van der Waals surface area contributed by atoms with Crippen molar-refractivity contribution in [3.8, 4) is 0 Å². The van der Waals surface area contributed by atoms with Gasteiger partial charge in [-0.05, 0) is 24.1 Å². The number of methoxy groups -OCH3 is 1. The first kappa shape index (κ1) is 20.9. The largest absolute Gasteiger partial charge is 0.467 e. The van der Waals surface area contributed by atoms with Crippen LogP contribution in [0.1, 0.15) is 22.3 Å². The molecule has 0 fully saturated rings. The lowest BCUT2D eigenvalue weighted by atomic mass is 10.0. The molecule has 0 saturated heterocycles. The zero-order valence-electron chi connectivity index (χ0n) is 15.8. The Bertz CT molecular complexity index is 806. The van der Waals surface area contributed by atoms with Crippen molar-refractivity contribution in [2.24, 2.45) is 0 Å². The summed E-state index contributed by atoms with van der Waals surface area (Å²) in [6.45, 7) is 3.64. The van der Waals surface area contributed by atoms with Gasteiger partial charge in [0.1, 0.15) is 12.1 Å². The summed E-state index contributed by atoms with van der Waals surface area (Å²) in [5.74, 6) is -1.40. The summed E-state index contributed by atoms with van der Waals surface area (Å²) in [6, 6.07) is 16.2. The minimum absolute atomic E-state index is 0.226. The van der Waals surface area contributed by atoms with Crippen molar-refractivity contribution in [1.29, 1.82) is 0 Å². The number of benzene rings is 2. The Labute approximate surface area is 164 Å². The average molecular weight is 380 g/mol. The van der Waals surface area contributed by atoms with Crippen LogP contribution in [0.4, 0.5) is 0 Å². The molecule has 2 aromatic carbocycles. The second kappa shape index (κ2) is 10.7. The quantitative estimate of drug-likeness (QED) is 0.516. The lowest BCUT2D eigenvalue weighted by Gasteiger charge is -2.21. The summed E-state index contributed by atoms with van der Waals surface area (Å²) in [4.78, 5) is 37.3. The summed E-state index contributed by atoms with van der Waals surface area (Å²) in [6.07, 6.45) is 2.05. The molecule has 6 heteroatoms. The molecule has 0 bridgehead atoms. The normalized spacial score (nSPS) is 12.3. The van der Waals surface area contributed by atoms with Crippen LogP contribution < -0.4 is 10.6 Å². The molecule has 0 spiro atoms. The lowest BCUT2D eigenvalue weighted by molar-refractivity contribution is -0.145. The number of hydrogen-bond acceptors (Lipinski definition) is 4. The molecule has 2 rings (SSSR count). The molecule has 0 heterocycles. The first-order chi connectivity index (χ1) is 13.5. The fraction of sp³-hybridized carbons (Fsp3) is 0.227. The highest BCUT2D eigenvalue weighted by atomic mass is 16.5. The molecule has 0 aliphatic rings. The van der Waals surface area contributed by atoms with Crippen molar-refractivity contribution in [3.05, 3.63) is 84.4 Å². The van der Waals surface area contributed by atoms with Crippen LogP contribution in [0, 0.1) is 0 Å². The molecule has 2 N–H and O–H groups in total. The van der Waals surface area contributed by atoms with Crippen molar-refractivity contribution in [3.63, 3.8) is 0 Å². The Balaban J connectivity index is 2.09. The van der Waals surface area contributed by atoms with E-state index in [2.05, 4.69) is 17.2 Å². The van der Waals surface area contributed by atoms with E-state index in [9.17, 15) is 14.4 Å². The zero-order chi connectivity index (χ0) is 20.4. The van der Waals surface area contributed by atoms with Crippen molar-refractivity contribution in [1.82, 2.24) is 10.6 Å². The van der Waals surface area contributed by atoms with Crippen LogP contribution in [0.15, 0.2) is 73.3 Å². The average Bonchev–Trinajstić information content (AvgIpc) is 2.73. The first-order valence-electron chi connectivity index (χ1n) is 8.94. The number of esters is 1. The minimum atomic E-state index is -0.860. The van der Waals surface area contributed by atoms with E-state index in [4.69, 9.17) is 4.74 Å². The number of carbonyl (C=O) groups excluding carboxylic acids is 3. The number of carbonyl (C=O) groups is 3. The van der Waals surface area contributed by atoms with Crippen LogP contribution in [0.25, 0.3) is 0 Å². The van der Waals surface area contributed by atoms with Crippen LogP contribution >= 0.6 is 0 Å². The molecule has 0 aliphatic carbocycles. The van der Waals surface area contributed by atoms with Crippen molar-refractivity contribution >= 4 is 17.8 Å². The Morgan fingerprint density at radius 3 is 2.14 bits per heavy atom. The van der Waals surface area contributed by atoms with Crippen LogP contribution in [0.3, 0.4) is 0 Å². The predicted octanol–water partition coefficient (Wildman–Crippen LogP) is 2.26. The molecule has 2 atom stereocenters. The third-order valence-electron chi connectivity index (χ3n) is 4.15. The van der Waals surface area contributed by atoms with E-state index in [1.54, 1.807) is 36.4 Å². The van der Waals surface area contributed by atoms with Crippen molar-refractivity contribution in [2.75, 3.05) is 7.11 Å². The Hall–Kier alpha value is -3.41. The molecule has 0 radical (unpaired) electrons. The number of nitrogens with one attached hydrogen (secondary N) is 2. The van der Waals surface area contributed by atoms with Gasteiger partial charge < -0.3 is 15.4 Å². The maximum Gasteiger partial charge on any atom is 0.328 e. The second-order valence-electron chi connectivity index (χ2n) is 6.19. The van der Waals surface area contributed by atoms with E-state index < -0.39 is 24.0 Å². The summed E-state index contributed by atoms with van der Waals surface area (Å²) in [7, 11) is 1.27. The number of rotatable bonds is 9. The predicted molar refractivity (Wildman–Crippen MR) is 107 cm³/mol. The standard InChI is InChI=1S/C22H24N2O4/c1-3-10-18(23-20(25)17-13-8-5-9-14-17)21(26)24-19(22(27)28-2)15-16-11-6-4-7-12-16/h3-9,11-14,18-19H,1,10,15H2,2H3,(H,23,25)(H,24,26)/t18?,19-/m0/s1. The van der Waals surface area contributed by atoms with Gasteiger partial charge in [0.05, 0.1) is 7.11 Å². The van der Waals surface area contributed by atoms with Crippen LogP contribution in [-0.2, 0) is 20.7 Å². The molecule has 28 heavy (non-hydrogen) atoms. The van der Waals surface area contributed by atoms with Crippen LogP contribution in [-0.4, -0.2) is 37.0 Å². The van der Waals surface area contributed by atoms with Crippen LogP contribution in [0.5, 0.6) is 0 Å². The Kier molecular flexibility index (Phi) is 7.96. The third kappa shape index (κ3) is 6.09. The highest BCUT2D eigenvalue weighted by molar-refractivity contribution is 5.98. The van der Waals surface area contributed by atoms with Gasteiger partial charge in [0.2, 0.25) is 5.91 Å². The molecular formula is C22H24N2O4. The smallest absolute Gasteiger partial charge is 0.328 e. The molecule has 0 aromatic heterocycles. The number of hydrogen-bond donors (Lipinski definition) is 2. The maximum absolute atomic E-state index is 12.7. The van der Waals surface area contributed by atoms with Crippen molar-refractivity contribution in [2.45, 2.75) is 24.9 Å². The molecule has 2 amide bonds. The summed E-state index contributed by atoms with van der Waals surface area (Å²) < 4.78 is 4.81. The van der Waals surface area contributed by atoms with Gasteiger partial charge in [-0.25, -0.2) is 4.79 Å². The number of amides is 2. The monoisotopic (exact) mass is 380 g/mol. The minimum Gasteiger partial charge on any atom is -0.467 e. The number of ether oxygens (including phenoxy) is 1. The van der Waals surface area contributed by atoms with Crippen molar-refractivity contribution < 1.29 is 19.1 Å². The van der Waals surface area contributed by atoms with E-state index in [0.29, 0.717) is 5.56 Å². The van der Waals surface area contributed by atoms with Gasteiger partial charge in [0.25, 0.3) is 5.91 Å². The SMILES string of the molecule is C=CCC(NC(=O)c1ccccc1)C(=O)N[C@@H](Cc1ccccc1)C(=O)OC. The summed E-state index contributed by atoms with van der Waals surface area (Å²) >= 11 is 0. The van der Waals surface area contributed by atoms with Crippen LogP contribution in [0.2, 0.25) is 0 Å². The Morgan fingerprint density at radius 2 is 1.57 bits per heavy atom. The third-order valence-corrected chi connectivity index (χ3v) is 4.15. The zero-order valence-corrected chi connectivity index (χ0v) is 15.8. The van der Waals surface area contributed by atoms with Gasteiger partial charge >= 0.3 is 5.97 Å². The fourth-order valence-electron chi connectivity index (χ4n) is 2.69. The van der Waals surface area contributed by atoms with E-state index >= 15 is 0 Å². The molecule has 2 aromatic rings. The van der Waals surface area contributed by atoms with E-state index in [-0.39, 0.29) is 18.7 Å². The molecule has 6 nitrogen and oxygen atoms in total. The molecule has 0 saturated carbocycles. The van der Waals surface area contributed by atoms with Gasteiger partial charge in [-0.3, -0.25) is 9.59 Å². The Morgan fingerprint density at radius 1 is 0.964 bits per heavy atom. The second-order valence-corrected chi connectivity index (χ2v) is 6.19.